The fourth-order valence-electron chi connectivity index (χ4n) is 2.24. The van der Waals surface area contributed by atoms with E-state index in [4.69, 9.17) is 0 Å². The molecule has 0 atom stereocenters. The minimum atomic E-state index is -4.29. The van der Waals surface area contributed by atoms with Gasteiger partial charge in [-0.1, -0.05) is 13.8 Å². The van der Waals surface area contributed by atoms with Gasteiger partial charge in [0.25, 0.3) is 0 Å². The van der Waals surface area contributed by atoms with Crippen molar-refractivity contribution in [1.29, 1.82) is 0 Å². The van der Waals surface area contributed by atoms with Gasteiger partial charge in [0.1, 0.15) is 18.0 Å². The molecule has 0 saturated heterocycles. The van der Waals surface area contributed by atoms with Crippen LogP contribution in [0.25, 0.3) is 22.4 Å². The minimum Gasteiger partial charge on any atom is -0.365 e. The van der Waals surface area contributed by atoms with Crippen LogP contribution in [0.4, 0.5) is 19.0 Å². The van der Waals surface area contributed by atoms with Crippen LogP contribution in [0.3, 0.4) is 0 Å². The van der Waals surface area contributed by atoms with Crippen LogP contribution >= 0.6 is 0 Å². The van der Waals surface area contributed by atoms with Crippen LogP contribution in [0, 0.1) is 0 Å². The van der Waals surface area contributed by atoms with Gasteiger partial charge in [0, 0.05) is 35.1 Å². The Morgan fingerprint density at radius 3 is 2.37 bits per heavy atom. The molecule has 1 amide bonds. The first-order valence-electron chi connectivity index (χ1n) is 9.36. The number of hydrogen-bond acceptors (Lipinski definition) is 5. The molecular weight excluding hydrogens is 397 g/mol. The van der Waals surface area contributed by atoms with Gasteiger partial charge in [-0.25, -0.2) is 15.0 Å². The topological polar surface area (TPSA) is 95.6 Å². The summed E-state index contributed by atoms with van der Waals surface area (Å²) in [6, 6.07) is 5.81. The number of nitrogens with zero attached hydrogens (tertiary/aromatic N) is 3. The Bertz CT molecular complexity index is 919. The molecule has 0 aromatic carbocycles. The number of halogens is 3. The molecular formula is C20H27F3N6O. The van der Waals surface area contributed by atoms with Crippen LogP contribution in [0.2, 0.25) is 0 Å². The molecule has 0 radical (unpaired) electrons. The van der Waals surface area contributed by atoms with Gasteiger partial charge >= 0.3 is 6.18 Å². The third-order valence-electron chi connectivity index (χ3n) is 3.24. The normalized spacial score (nSPS) is 10.9. The molecule has 3 aromatic heterocycles. The van der Waals surface area contributed by atoms with Crippen molar-refractivity contribution in [3.05, 3.63) is 36.8 Å². The molecule has 30 heavy (non-hydrogen) atoms. The zero-order valence-corrected chi connectivity index (χ0v) is 17.6. The second-order valence-corrected chi connectivity index (χ2v) is 6.86. The van der Waals surface area contributed by atoms with Gasteiger partial charge in [-0.3, -0.25) is 4.79 Å². The number of carbonyl (C=O) groups is 1. The van der Waals surface area contributed by atoms with Gasteiger partial charge in [-0.15, -0.1) is 0 Å². The summed E-state index contributed by atoms with van der Waals surface area (Å²) in [6.45, 7) is 9.05. The van der Waals surface area contributed by atoms with Crippen LogP contribution in [0.15, 0.2) is 36.8 Å². The zero-order valence-electron chi connectivity index (χ0n) is 17.6. The molecule has 0 unspecified atom stereocenters. The number of H-pyrrole nitrogens is 1. The van der Waals surface area contributed by atoms with Gasteiger partial charge in [0.05, 0.1) is 0 Å². The van der Waals surface area contributed by atoms with Crippen LogP contribution in [0.5, 0.6) is 0 Å². The van der Waals surface area contributed by atoms with Crippen molar-refractivity contribution in [3.8, 4) is 11.4 Å². The lowest BCUT2D eigenvalue weighted by Gasteiger charge is -2.21. The van der Waals surface area contributed by atoms with E-state index in [1.54, 1.807) is 12.4 Å². The van der Waals surface area contributed by atoms with Crippen molar-refractivity contribution >= 4 is 23.3 Å². The number of alkyl halides is 3. The maximum Gasteiger partial charge on any atom is 0.405 e. The minimum absolute atomic E-state index is 0.00743. The van der Waals surface area contributed by atoms with E-state index in [1.165, 1.54) is 5.32 Å². The van der Waals surface area contributed by atoms with Gasteiger partial charge in [0.15, 0.2) is 5.82 Å². The van der Waals surface area contributed by atoms with Crippen LogP contribution in [0.1, 0.15) is 34.6 Å². The molecule has 0 bridgehead atoms. The van der Waals surface area contributed by atoms with Crippen molar-refractivity contribution in [1.82, 2.24) is 25.3 Å². The third-order valence-corrected chi connectivity index (χ3v) is 3.24. The molecule has 7 nitrogen and oxygen atoms in total. The molecule has 0 saturated carbocycles. The molecule has 0 aliphatic rings. The molecule has 0 spiro atoms. The van der Waals surface area contributed by atoms with Crippen molar-refractivity contribution < 1.29 is 18.0 Å². The summed E-state index contributed by atoms with van der Waals surface area (Å²) in [4.78, 5) is 25.6. The number of amides is 1. The number of rotatable bonds is 4. The van der Waals surface area contributed by atoms with E-state index in [-0.39, 0.29) is 11.9 Å². The van der Waals surface area contributed by atoms with E-state index in [0.717, 1.165) is 22.4 Å². The van der Waals surface area contributed by atoms with E-state index in [9.17, 15) is 18.0 Å². The first kappa shape index (κ1) is 24.9. The third kappa shape index (κ3) is 8.46. The average molecular weight is 424 g/mol. The van der Waals surface area contributed by atoms with Crippen LogP contribution in [-0.2, 0) is 4.79 Å². The Balaban J connectivity index is 0.000000383. The van der Waals surface area contributed by atoms with Gasteiger partial charge in [-0.2, -0.15) is 13.2 Å². The largest absolute Gasteiger partial charge is 0.405 e. The lowest BCUT2D eigenvalue weighted by molar-refractivity contribution is -0.132. The molecule has 164 valence electrons. The maximum absolute atomic E-state index is 11.0. The Kier molecular flexibility index (Phi) is 9.22. The Morgan fingerprint density at radius 1 is 1.10 bits per heavy atom. The average Bonchev–Trinajstić information content (AvgIpc) is 3.11. The number of aromatic amines is 1. The van der Waals surface area contributed by atoms with Crippen molar-refractivity contribution in [3.63, 3.8) is 0 Å². The number of carbonyl (C=O) groups excluding carboxylic acids is 1. The highest BCUT2D eigenvalue weighted by Crippen LogP contribution is 2.25. The molecule has 0 fully saturated rings. The van der Waals surface area contributed by atoms with Crippen molar-refractivity contribution in [2.45, 2.75) is 46.3 Å². The number of aromatic nitrogens is 4. The quantitative estimate of drug-likeness (QED) is 0.534. The molecule has 3 heterocycles. The number of pyridine rings is 1. The fraction of sp³-hybridized carbons (Fsp3) is 0.400. The molecule has 0 aliphatic carbocycles. The van der Waals surface area contributed by atoms with Gasteiger partial charge in [-0.05, 0) is 39.0 Å². The summed E-state index contributed by atoms with van der Waals surface area (Å²) in [5, 5.41) is 5.87. The first-order chi connectivity index (χ1) is 14.1. The van der Waals surface area contributed by atoms with E-state index in [1.807, 2.05) is 38.2 Å². The van der Waals surface area contributed by atoms with E-state index >= 15 is 0 Å². The number of anilines is 1. The van der Waals surface area contributed by atoms with Gasteiger partial charge in [0.2, 0.25) is 6.41 Å². The van der Waals surface area contributed by atoms with Crippen LogP contribution in [-0.4, -0.2) is 44.6 Å². The van der Waals surface area contributed by atoms with E-state index in [2.05, 4.69) is 46.0 Å². The Labute approximate surface area is 173 Å². The SMILES string of the molecule is CC.CC(C)(C)Nc1ccnc(-c2c[nH]c3ncccc23)n1.O=CNCC(F)(F)F. The molecule has 3 N–H and O–H groups in total. The van der Waals surface area contributed by atoms with E-state index in [0.29, 0.717) is 5.82 Å². The molecule has 0 aliphatic heterocycles. The standard InChI is InChI=1S/C15H17N5.C3H4F3NO.C2H6/c1-15(2,3)20-12-6-8-17-14(19-12)11-9-18-13-10(11)5-4-7-16-13;4-3(5,6)1-7-2-8;1-2/h4-9H,1-3H3,(H,16,18)(H,17,19,20);2H,1H2,(H,7,8);1-2H3. The fourth-order valence-corrected chi connectivity index (χ4v) is 2.24. The van der Waals surface area contributed by atoms with E-state index < -0.39 is 12.7 Å². The summed E-state index contributed by atoms with van der Waals surface area (Å²) < 4.78 is 33.1. The lowest BCUT2D eigenvalue weighted by Crippen LogP contribution is -2.27. The number of fused-ring (bicyclic) bond motifs is 1. The number of hydrogen-bond donors (Lipinski definition) is 3. The summed E-state index contributed by atoms with van der Waals surface area (Å²) in [5.41, 5.74) is 1.78. The predicted octanol–water partition coefficient (Wildman–Crippen LogP) is 4.55. The molecule has 10 heteroatoms. The Morgan fingerprint density at radius 2 is 1.80 bits per heavy atom. The summed E-state index contributed by atoms with van der Waals surface area (Å²) in [6.07, 6.45) is 1.15. The van der Waals surface area contributed by atoms with Crippen LogP contribution < -0.4 is 10.6 Å². The second kappa shape index (κ2) is 11.1. The summed E-state index contributed by atoms with van der Waals surface area (Å²) >= 11 is 0. The summed E-state index contributed by atoms with van der Waals surface area (Å²) in [7, 11) is 0. The monoisotopic (exact) mass is 424 g/mol. The first-order valence-corrected chi connectivity index (χ1v) is 9.36. The number of nitrogens with one attached hydrogen (secondary N) is 3. The highest BCUT2D eigenvalue weighted by atomic mass is 19.4. The highest BCUT2D eigenvalue weighted by Gasteiger charge is 2.25. The zero-order chi connectivity index (χ0) is 22.8. The maximum atomic E-state index is 11.0. The smallest absolute Gasteiger partial charge is 0.365 e. The predicted molar refractivity (Wildman–Crippen MR) is 112 cm³/mol. The second-order valence-electron chi connectivity index (χ2n) is 6.86. The lowest BCUT2D eigenvalue weighted by atomic mass is 10.1. The Hall–Kier alpha value is -3.17. The summed E-state index contributed by atoms with van der Waals surface area (Å²) in [5.74, 6) is 1.51. The molecule has 3 aromatic rings. The highest BCUT2D eigenvalue weighted by molar-refractivity contribution is 5.91. The van der Waals surface area contributed by atoms with Crippen molar-refractivity contribution in [2.24, 2.45) is 0 Å². The molecule has 3 rings (SSSR count). The van der Waals surface area contributed by atoms with Crippen molar-refractivity contribution in [2.75, 3.05) is 11.9 Å². The van der Waals surface area contributed by atoms with Gasteiger partial charge < -0.3 is 15.6 Å².